The molecule has 2 aromatic carbocycles. The minimum absolute atomic E-state index is 0.113. The number of ether oxygens (including phenoxy) is 1. The van der Waals surface area contributed by atoms with Crippen molar-refractivity contribution in [2.75, 3.05) is 5.32 Å². The third-order valence-corrected chi connectivity index (χ3v) is 3.54. The summed E-state index contributed by atoms with van der Waals surface area (Å²) in [5, 5.41) is 2.62. The number of nitrogens with two attached hydrogens (primary N) is 1. The maximum atomic E-state index is 12.4. The molecule has 7 heteroatoms. The molecule has 0 saturated heterocycles. The number of aromatic nitrogens is 2. The van der Waals surface area contributed by atoms with E-state index < -0.39 is 11.8 Å². The number of hydrogen-bond acceptors (Lipinski definition) is 5. The van der Waals surface area contributed by atoms with Gasteiger partial charge in [0.1, 0.15) is 18.6 Å². The van der Waals surface area contributed by atoms with Gasteiger partial charge in [-0.15, -0.1) is 0 Å². The topological polar surface area (TPSA) is 107 Å². The summed E-state index contributed by atoms with van der Waals surface area (Å²) in [5.74, 6) is -0.849. The summed E-state index contributed by atoms with van der Waals surface area (Å²) < 4.78 is 5.59. The minimum atomic E-state index is -0.629. The molecule has 3 N–H and O–H groups in total. The molecular formula is C19H16N4O3. The van der Waals surface area contributed by atoms with Crippen LogP contribution in [0.5, 0.6) is 5.88 Å². The lowest BCUT2D eigenvalue weighted by Crippen LogP contribution is -2.19. The van der Waals surface area contributed by atoms with Crippen LogP contribution in [0.4, 0.5) is 5.69 Å². The van der Waals surface area contributed by atoms with Gasteiger partial charge in [-0.25, -0.2) is 9.97 Å². The highest BCUT2D eigenvalue weighted by Gasteiger charge is 2.14. The van der Waals surface area contributed by atoms with Crippen molar-refractivity contribution in [2.45, 2.75) is 6.61 Å². The van der Waals surface area contributed by atoms with Crippen LogP contribution in [-0.4, -0.2) is 21.8 Å². The number of carbonyl (C=O) groups is 2. The number of anilines is 1. The van der Waals surface area contributed by atoms with Crippen molar-refractivity contribution in [2.24, 2.45) is 5.73 Å². The van der Waals surface area contributed by atoms with E-state index in [9.17, 15) is 9.59 Å². The number of rotatable bonds is 6. The average molecular weight is 348 g/mol. The third kappa shape index (κ3) is 4.21. The molecule has 0 bridgehead atoms. The van der Waals surface area contributed by atoms with E-state index in [4.69, 9.17) is 10.5 Å². The molecule has 0 aliphatic carbocycles. The van der Waals surface area contributed by atoms with Gasteiger partial charge in [-0.05, 0) is 17.7 Å². The van der Waals surface area contributed by atoms with E-state index in [1.807, 2.05) is 30.3 Å². The first-order valence-corrected chi connectivity index (χ1v) is 7.82. The Bertz CT molecular complexity index is 929. The summed E-state index contributed by atoms with van der Waals surface area (Å²) in [4.78, 5) is 31.8. The van der Waals surface area contributed by atoms with Gasteiger partial charge in [0.2, 0.25) is 5.88 Å². The fourth-order valence-corrected chi connectivity index (χ4v) is 2.27. The van der Waals surface area contributed by atoms with Crippen LogP contribution >= 0.6 is 0 Å². The second-order valence-corrected chi connectivity index (χ2v) is 5.38. The number of amides is 2. The smallest absolute Gasteiger partial charge is 0.274 e. The molecule has 0 unspecified atom stereocenters. The van der Waals surface area contributed by atoms with Gasteiger partial charge in [0, 0.05) is 6.07 Å². The number of hydrogen-bond donors (Lipinski definition) is 2. The van der Waals surface area contributed by atoms with E-state index >= 15 is 0 Å². The zero-order chi connectivity index (χ0) is 18.4. The molecule has 130 valence electrons. The Morgan fingerprint density at radius 1 is 1.00 bits per heavy atom. The normalized spacial score (nSPS) is 10.2. The molecule has 7 nitrogen and oxygen atoms in total. The molecular weight excluding hydrogens is 332 g/mol. The molecule has 0 saturated carbocycles. The molecule has 0 aliphatic rings. The van der Waals surface area contributed by atoms with Gasteiger partial charge in [-0.2, -0.15) is 0 Å². The summed E-state index contributed by atoms with van der Waals surface area (Å²) in [6, 6.07) is 17.5. The van der Waals surface area contributed by atoms with Crippen LogP contribution in [0, 0.1) is 0 Å². The monoisotopic (exact) mass is 348 g/mol. The molecule has 1 aromatic heterocycles. The summed E-state index contributed by atoms with van der Waals surface area (Å²) >= 11 is 0. The number of nitrogens with zero attached hydrogens (tertiary/aromatic N) is 2. The van der Waals surface area contributed by atoms with Gasteiger partial charge in [0.05, 0.1) is 11.3 Å². The molecule has 2 amide bonds. The summed E-state index contributed by atoms with van der Waals surface area (Å²) in [6.45, 7) is 0.323. The van der Waals surface area contributed by atoms with Crippen LogP contribution in [0.2, 0.25) is 0 Å². The second kappa shape index (κ2) is 7.89. The molecule has 26 heavy (non-hydrogen) atoms. The van der Waals surface area contributed by atoms with Crippen molar-refractivity contribution < 1.29 is 14.3 Å². The average Bonchev–Trinajstić information content (AvgIpc) is 2.67. The number of nitrogens with one attached hydrogen (secondary N) is 1. The Morgan fingerprint density at radius 3 is 2.50 bits per heavy atom. The van der Waals surface area contributed by atoms with E-state index in [0.29, 0.717) is 12.3 Å². The van der Waals surface area contributed by atoms with Gasteiger partial charge in [0.15, 0.2) is 0 Å². The fraction of sp³-hybridized carbons (Fsp3) is 0.0526. The summed E-state index contributed by atoms with van der Waals surface area (Å²) in [7, 11) is 0. The Labute approximate surface area is 149 Å². The van der Waals surface area contributed by atoms with Crippen molar-refractivity contribution in [1.82, 2.24) is 9.97 Å². The summed E-state index contributed by atoms with van der Waals surface area (Å²) in [5.41, 5.74) is 6.94. The predicted molar refractivity (Wildman–Crippen MR) is 95.7 cm³/mol. The maximum Gasteiger partial charge on any atom is 0.274 e. The van der Waals surface area contributed by atoms with Crippen molar-refractivity contribution in [1.29, 1.82) is 0 Å². The van der Waals surface area contributed by atoms with Crippen molar-refractivity contribution in [3.05, 3.63) is 83.8 Å². The molecule has 0 spiro atoms. The van der Waals surface area contributed by atoms with E-state index in [1.165, 1.54) is 18.5 Å². The molecule has 0 atom stereocenters. The Morgan fingerprint density at radius 2 is 1.73 bits per heavy atom. The number of carbonyl (C=O) groups excluding carboxylic acids is 2. The van der Waals surface area contributed by atoms with E-state index in [0.717, 1.165) is 5.56 Å². The molecule has 1 heterocycles. The summed E-state index contributed by atoms with van der Waals surface area (Å²) in [6.07, 6.45) is 1.25. The Kier molecular flexibility index (Phi) is 5.19. The van der Waals surface area contributed by atoms with Gasteiger partial charge in [-0.3, -0.25) is 9.59 Å². The fourth-order valence-electron chi connectivity index (χ4n) is 2.27. The van der Waals surface area contributed by atoms with Crippen LogP contribution in [0.15, 0.2) is 67.0 Å². The highest BCUT2D eigenvalue weighted by Crippen LogP contribution is 2.16. The first-order chi connectivity index (χ1) is 12.6. The lowest BCUT2D eigenvalue weighted by molar-refractivity contribution is 0.100. The number of primary amides is 1. The molecule has 0 aliphatic heterocycles. The zero-order valence-corrected chi connectivity index (χ0v) is 13.8. The van der Waals surface area contributed by atoms with Gasteiger partial charge in [-0.1, -0.05) is 42.5 Å². The van der Waals surface area contributed by atoms with Gasteiger partial charge >= 0.3 is 0 Å². The Hall–Kier alpha value is -3.74. The van der Waals surface area contributed by atoms with Crippen molar-refractivity contribution >= 4 is 17.5 Å². The lowest BCUT2D eigenvalue weighted by Gasteiger charge is -2.09. The molecule has 0 fully saturated rings. The standard InChI is InChI=1S/C19H16N4O3/c20-18(24)14-8-4-5-9-15(14)23-19(25)16-10-17(22-12-21-16)26-11-13-6-2-1-3-7-13/h1-10,12H,11H2,(H2,20,24)(H,23,25). The first kappa shape index (κ1) is 17.1. The molecule has 0 radical (unpaired) electrons. The first-order valence-electron chi connectivity index (χ1n) is 7.82. The largest absolute Gasteiger partial charge is 0.473 e. The highest BCUT2D eigenvalue weighted by molar-refractivity contribution is 6.07. The van der Waals surface area contributed by atoms with Crippen LogP contribution in [0.3, 0.4) is 0 Å². The minimum Gasteiger partial charge on any atom is -0.473 e. The quantitative estimate of drug-likeness (QED) is 0.711. The predicted octanol–water partition coefficient (Wildman–Crippen LogP) is 2.41. The Balaban J connectivity index is 1.71. The van der Waals surface area contributed by atoms with Crippen LogP contribution < -0.4 is 15.8 Å². The molecule has 3 aromatic rings. The van der Waals surface area contributed by atoms with Crippen molar-refractivity contribution in [3.63, 3.8) is 0 Å². The number of para-hydroxylation sites is 1. The molecule has 3 rings (SSSR count). The van der Waals surface area contributed by atoms with Gasteiger partial charge < -0.3 is 15.8 Å². The number of benzene rings is 2. The van der Waals surface area contributed by atoms with E-state index in [2.05, 4.69) is 15.3 Å². The van der Waals surface area contributed by atoms with Gasteiger partial charge in [0.25, 0.3) is 11.8 Å². The van der Waals surface area contributed by atoms with Crippen molar-refractivity contribution in [3.8, 4) is 5.88 Å². The van der Waals surface area contributed by atoms with Crippen LogP contribution in [0.25, 0.3) is 0 Å². The van der Waals surface area contributed by atoms with Crippen LogP contribution in [-0.2, 0) is 6.61 Å². The second-order valence-electron chi connectivity index (χ2n) is 5.38. The maximum absolute atomic E-state index is 12.4. The van der Waals surface area contributed by atoms with E-state index in [1.54, 1.807) is 18.2 Å². The van der Waals surface area contributed by atoms with Crippen LogP contribution in [0.1, 0.15) is 26.4 Å². The third-order valence-electron chi connectivity index (χ3n) is 3.54. The zero-order valence-electron chi connectivity index (χ0n) is 13.8. The lowest BCUT2D eigenvalue weighted by atomic mass is 10.1. The highest BCUT2D eigenvalue weighted by atomic mass is 16.5. The SMILES string of the molecule is NC(=O)c1ccccc1NC(=O)c1cc(OCc2ccccc2)ncn1. The van der Waals surface area contributed by atoms with E-state index in [-0.39, 0.29) is 17.1 Å².